The summed E-state index contributed by atoms with van der Waals surface area (Å²) in [6, 6.07) is 11.8. The van der Waals surface area contributed by atoms with E-state index in [-0.39, 0.29) is 17.0 Å². The van der Waals surface area contributed by atoms with Crippen LogP contribution in [0.1, 0.15) is 47.8 Å². The lowest BCUT2D eigenvalue weighted by atomic mass is 10.1. The van der Waals surface area contributed by atoms with Crippen molar-refractivity contribution in [3.8, 4) is 0 Å². The van der Waals surface area contributed by atoms with E-state index in [9.17, 15) is 14.4 Å². The zero-order chi connectivity index (χ0) is 22.0. The molecule has 0 fully saturated rings. The average molecular weight is 437 g/mol. The van der Waals surface area contributed by atoms with Gasteiger partial charge in [0, 0.05) is 11.1 Å². The summed E-state index contributed by atoms with van der Waals surface area (Å²) < 4.78 is 9.68. The molecule has 4 rings (SSSR count). The molecule has 8 nitrogen and oxygen atoms in total. The van der Waals surface area contributed by atoms with E-state index in [0.29, 0.717) is 23.5 Å². The molecule has 0 saturated heterocycles. The van der Waals surface area contributed by atoms with Crippen LogP contribution >= 0.6 is 11.3 Å². The van der Waals surface area contributed by atoms with Gasteiger partial charge in [0.25, 0.3) is 5.91 Å². The van der Waals surface area contributed by atoms with Gasteiger partial charge in [0.2, 0.25) is 0 Å². The minimum Gasteiger partial charge on any atom is -0.465 e. The number of carbonyl (C=O) groups excluding carboxylic acids is 3. The molecule has 1 atom stereocenters. The lowest BCUT2D eigenvalue weighted by Gasteiger charge is -2.27. The highest BCUT2D eigenvalue weighted by atomic mass is 32.1. The molecule has 2 aromatic heterocycles. The summed E-state index contributed by atoms with van der Waals surface area (Å²) in [4.78, 5) is 44.5. The molecule has 0 saturated carbocycles. The fourth-order valence-electron chi connectivity index (χ4n) is 3.46. The number of esters is 2. The van der Waals surface area contributed by atoms with Crippen molar-refractivity contribution >= 4 is 34.9 Å². The van der Waals surface area contributed by atoms with Crippen LogP contribution < -0.4 is 5.32 Å². The first-order valence-electron chi connectivity index (χ1n) is 9.39. The Bertz CT molecular complexity index is 1150. The molecule has 1 amide bonds. The standard InChI is InChI=1S/C22H19N3O5S/c1-29-21(27)13-7-8-15(22(28)30-2)17(11-13)24-19-18-16(6-3-9-23-18)20(26)25(19)12-14-5-4-10-31-14/h3-11,19,24H,12H2,1-2H3/t19-/m0/s1. The fourth-order valence-corrected chi connectivity index (χ4v) is 4.16. The molecular formula is C22H19N3O5S. The summed E-state index contributed by atoms with van der Waals surface area (Å²) in [5, 5.41) is 5.18. The number of carbonyl (C=O) groups is 3. The van der Waals surface area contributed by atoms with Crippen LogP contribution in [0.5, 0.6) is 0 Å². The number of pyridine rings is 1. The smallest absolute Gasteiger partial charge is 0.339 e. The summed E-state index contributed by atoms with van der Waals surface area (Å²) in [7, 11) is 2.56. The summed E-state index contributed by atoms with van der Waals surface area (Å²) in [6.45, 7) is 0.370. The van der Waals surface area contributed by atoms with Crippen LogP contribution in [0.3, 0.4) is 0 Å². The number of aromatic nitrogens is 1. The summed E-state index contributed by atoms with van der Waals surface area (Å²) in [5.41, 5.74) is 1.85. The Balaban J connectivity index is 1.77. The third-order valence-corrected chi connectivity index (χ3v) is 5.81. The lowest BCUT2D eigenvalue weighted by Crippen LogP contribution is -2.32. The van der Waals surface area contributed by atoms with E-state index in [0.717, 1.165) is 4.88 Å². The third kappa shape index (κ3) is 3.87. The van der Waals surface area contributed by atoms with Crippen LogP contribution in [-0.2, 0) is 16.0 Å². The molecule has 1 aliphatic heterocycles. The zero-order valence-corrected chi connectivity index (χ0v) is 17.6. The number of hydrogen-bond donors (Lipinski definition) is 1. The second-order valence-corrected chi connectivity index (χ2v) is 7.77. The number of thiophene rings is 1. The maximum atomic E-state index is 13.1. The molecule has 3 aromatic rings. The van der Waals surface area contributed by atoms with Crippen molar-refractivity contribution in [2.24, 2.45) is 0 Å². The van der Waals surface area contributed by atoms with Crippen LogP contribution in [0, 0.1) is 0 Å². The molecule has 0 bridgehead atoms. The van der Waals surface area contributed by atoms with Crippen LogP contribution in [0.4, 0.5) is 5.69 Å². The maximum absolute atomic E-state index is 13.1. The maximum Gasteiger partial charge on any atom is 0.339 e. The molecule has 3 heterocycles. The van der Waals surface area contributed by atoms with Gasteiger partial charge in [-0.1, -0.05) is 6.07 Å². The van der Waals surface area contributed by atoms with E-state index in [1.165, 1.54) is 32.4 Å². The highest BCUT2D eigenvalue weighted by Gasteiger charge is 2.38. The van der Waals surface area contributed by atoms with Crippen molar-refractivity contribution < 1.29 is 23.9 Å². The number of benzene rings is 1. The van der Waals surface area contributed by atoms with Gasteiger partial charge in [-0.25, -0.2) is 9.59 Å². The zero-order valence-electron chi connectivity index (χ0n) is 16.8. The van der Waals surface area contributed by atoms with Gasteiger partial charge in [0.15, 0.2) is 0 Å². The number of nitrogens with one attached hydrogen (secondary N) is 1. The van der Waals surface area contributed by atoms with E-state index < -0.39 is 18.1 Å². The van der Waals surface area contributed by atoms with Crippen molar-refractivity contribution in [1.82, 2.24) is 9.88 Å². The van der Waals surface area contributed by atoms with Crippen molar-refractivity contribution in [2.45, 2.75) is 12.7 Å². The molecule has 31 heavy (non-hydrogen) atoms. The quantitative estimate of drug-likeness (QED) is 0.590. The van der Waals surface area contributed by atoms with Crippen LogP contribution in [0.25, 0.3) is 0 Å². The predicted molar refractivity (Wildman–Crippen MR) is 114 cm³/mol. The van der Waals surface area contributed by atoms with E-state index in [1.54, 1.807) is 34.6 Å². The minimum absolute atomic E-state index is 0.169. The summed E-state index contributed by atoms with van der Waals surface area (Å²) in [6.07, 6.45) is 0.976. The molecule has 9 heteroatoms. The Hall–Kier alpha value is -3.72. The van der Waals surface area contributed by atoms with Gasteiger partial charge >= 0.3 is 11.9 Å². The average Bonchev–Trinajstić information content (AvgIpc) is 3.41. The van der Waals surface area contributed by atoms with Crippen molar-refractivity contribution in [1.29, 1.82) is 0 Å². The number of methoxy groups -OCH3 is 2. The summed E-state index contributed by atoms with van der Waals surface area (Å²) in [5.74, 6) is -1.29. The molecule has 0 aliphatic carbocycles. The number of ether oxygens (including phenoxy) is 2. The Morgan fingerprint density at radius 1 is 1.13 bits per heavy atom. The molecule has 1 N–H and O–H groups in total. The van der Waals surface area contributed by atoms with Crippen molar-refractivity contribution in [2.75, 3.05) is 19.5 Å². The van der Waals surface area contributed by atoms with E-state index in [4.69, 9.17) is 9.47 Å². The second kappa shape index (κ2) is 8.57. The van der Waals surface area contributed by atoms with Crippen molar-refractivity contribution in [3.05, 3.63) is 81.3 Å². The van der Waals surface area contributed by atoms with Gasteiger partial charge in [-0.2, -0.15) is 0 Å². The molecule has 0 spiro atoms. The number of hydrogen-bond acceptors (Lipinski definition) is 8. The topological polar surface area (TPSA) is 97.8 Å². The Labute approximate surface area is 182 Å². The Morgan fingerprint density at radius 2 is 1.94 bits per heavy atom. The van der Waals surface area contributed by atoms with Gasteiger partial charge in [-0.3, -0.25) is 9.78 Å². The number of anilines is 1. The van der Waals surface area contributed by atoms with Crippen molar-refractivity contribution in [3.63, 3.8) is 0 Å². The SMILES string of the molecule is COC(=O)c1ccc(C(=O)OC)c(N[C@@H]2c3ncccc3C(=O)N2Cc2cccs2)c1. The molecule has 1 aromatic carbocycles. The lowest BCUT2D eigenvalue weighted by molar-refractivity contribution is 0.0587. The molecular weight excluding hydrogens is 418 g/mol. The number of fused-ring (bicyclic) bond motifs is 1. The fraction of sp³-hybridized carbons (Fsp3) is 0.182. The highest BCUT2D eigenvalue weighted by Crippen LogP contribution is 2.36. The van der Waals surface area contributed by atoms with Crippen LogP contribution in [-0.4, -0.2) is 41.9 Å². The van der Waals surface area contributed by atoms with Gasteiger partial charge in [0.05, 0.1) is 48.8 Å². The molecule has 158 valence electrons. The third-order valence-electron chi connectivity index (χ3n) is 4.94. The highest BCUT2D eigenvalue weighted by molar-refractivity contribution is 7.09. The van der Waals surface area contributed by atoms with E-state index >= 15 is 0 Å². The van der Waals surface area contributed by atoms with Gasteiger partial charge < -0.3 is 19.7 Å². The Morgan fingerprint density at radius 3 is 2.65 bits per heavy atom. The van der Waals surface area contributed by atoms with E-state index in [1.807, 2.05) is 17.5 Å². The monoisotopic (exact) mass is 437 g/mol. The van der Waals surface area contributed by atoms with Gasteiger partial charge in [-0.05, 0) is 41.8 Å². The first-order valence-corrected chi connectivity index (χ1v) is 10.3. The Kier molecular flexibility index (Phi) is 5.68. The molecule has 1 aliphatic rings. The van der Waals surface area contributed by atoms with Crippen LogP contribution in [0.2, 0.25) is 0 Å². The number of amides is 1. The molecule has 0 radical (unpaired) electrons. The van der Waals surface area contributed by atoms with Crippen LogP contribution in [0.15, 0.2) is 54.0 Å². The second-order valence-electron chi connectivity index (χ2n) is 6.74. The van der Waals surface area contributed by atoms with Gasteiger partial charge in [0.1, 0.15) is 6.17 Å². The number of rotatable bonds is 6. The van der Waals surface area contributed by atoms with Gasteiger partial charge in [-0.15, -0.1) is 11.3 Å². The molecule has 0 unspecified atom stereocenters. The first-order chi connectivity index (χ1) is 15.0. The number of nitrogens with zero attached hydrogens (tertiary/aromatic N) is 2. The minimum atomic E-state index is -0.637. The normalized spacial score (nSPS) is 14.8. The van der Waals surface area contributed by atoms with E-state index in [2.05, 4.69) is 10.3 Å². The first kappa shape index (κ1) is 20.5. The largest absolute Gasteiger partial charge is 0.465 e. The summed E-state index contributed by atoms with van der Waals surface area (Å²) >= 11 is 1.54. The predicted octanol–water partition coefficient (Wildman–Crippen LogP) is 3.48.